The van der Waals surface area contributed by atoms with Crippen molar-refractivity contribution < 1.29 is 47.2 Å². The van der Waals surface area contributed by atoms with Crippen LogP contribution in [0.1, 0.15) is 97.8 Å². The second kappa shape index (κ2) is 16.1. The lowest BCUT2D eigenvalue weighted by atomic mass is 9.64. The molecule has 0 aromatic heterocycles. The first-order chi connectivity index (χ1) is 24.6. The molecule has 0 aliphatic heterocycles. The maximum absolute atomic E-state index is 14.3. The van der Waals surface area contributed by atoms with Crippen LogP contribution in [0, 0.1) is 5.41 Å². The molecular formula is C41H48F3NO7. The van der Waals surface area contributed by atoms with Crippen molar-refractivity contribution in [2.24, 2.45) is 5.41 Å². The number of rotatable bonds is 9. The minimum Gasteiger partial charge on any atom is -0.497 e. The van der Waals surface area contributed by atoms with Gasteiger partial charge >= 0.3 is 12.5 Å². The van der Waals surface area contributed by atoms with E-state index in [1.165, 1.54) is 29.2 Å². The summed E-state index contributed by atoms with van der Waals surface area (Å²) in [5.74, 6) is -0.224. The van der Waals surface area contributed by atoms with Crippen LogP contribution < -0.4 is 9.47 Å². The first-order valence-corrected chi connectivity index (χ1v) is 17.8. The van der Waals surface area contributed by atoms with Crippen molar-refractivity contribution in [3.8, 4) is 11.5 Å². The summed E-state index contributed by atoms with van der Waals surface area (Å²) < 4.78 is 53.0. The Morgan fingerprint density at radius 1 is 0.981 bits per heavy atom. The lowest BCUT2D eigenvalue weighted by Crippen LogP contribution is -2.53. The summed E-state index contributed by atoms with van der Waals surface area (Å²) in [6.45, 7) is 5.70. The number of fused-ring (bicyclic) bond motifs is 8. The number of ketones is 1. The molecule has 11 heteroatoms. The molecule has 0 radical (unpaired) electrons. The fourth-order valence-corrected chi connectivity index (χ4v) is 7.83. The molecule has 2 bridgehead atoms. The van der Waals surface area contributed by atoms with Gasteiger partial charge in [-0.25, -0.2) is 4.79 Å². The number of nitrogens with zero attached hydrogens (tertiary/aromatic N) is 1. The third kappa shape index (κ3) is 8.98. The molecule has 3 aromatic carbocycles. The number of aliphatic hydroxyl groups excluding tert-OH is 1. The van der Waals surface area contributed by atoms with Gasteiger partial charge in [-0.05, 0) is 124 Å². The fourth-order valence-electron chi connectivity index (χ4n) is 7.83. The summed E-state index contributed by atoms with van der Waals surface area (Å²) in [5.41, 5.74) is 2.00. The average Bonchev–Trinajstić information content (AvgIpc) is 3.35. The third-order valence-corrected chi connectivity index (χ3v) is 10.8. The topological polar surface area (TPSA) is 106 Å². The SMILES string of the molecule is CCOC(=O)N(Cc1ccc(OC(F)(F)F)cc1)C[C@]1(O)CC[C@H]2c3ccc(cc3C(=O)c3ccc(OC)cc3)C[C@@H](O)CCC(C)=CCC[C@@]21C. The average molecular weight is 724 g/mol. The lowest BCUT2D eigenvalue weighted by Gasteiger charge is -2.46. The van der Waals surface area contributed by atoms with Gasteiger partial charge < -0.3 is 29.3 Å². The molecule has 1 fully saturated rings. The Morgan fingerprint density at radius 2 is 1.67 bits per heavy atom. The normalized spacial score (nSPS) is 23.6. The number of methoxy groups -OCH3 is 1. The van der Waals surface area contributed by atoms with Crippen LogP contribution in [-0.4, -0.2) is 65.3 Å². The van der Waals surface area contributed by atoms with Gasteiger partial charge in [0.05, 0.1) is 32.0 Å². The van der Waals surface area contributed by atoms with Crippen LogP contribution in [0.4, 0.5) is 18.0 Å². The number of benzene rings is 3. The Balaban J connectivity index is 1.55. The molecule has 2 N–H and O–H groups in total. The summed E-state index contributed by atoms with van der Waals surface area (Å²) in [6, 6.07) is 18.0. The predicted molar refractivity (Wildman–Crippen MR) is 190 cm³/mol. The van der Waals surface area contributed by atoms with Crippen LogP contribution in [0.2, 0.25) is 0 Å². The summed E-state index contributed by atoms with van der Waals surface area (Å²) in [5, 5.41) is 23.7. The molecule has 3 aliphatic carbocycles. The van der Waals surface area contributed by atoms with Gasteiger partial charge in [0.2, 0.25) is 0 Å². The standard InChI is InChI=1S/C41H48F3NO7/c1-5-51-38(48)45(25-28-9-15-33(16-10-28)52-41(42,43)44)26-40(49)22-20-36-34-19-11-29(23-31(46)14-8-27(2)7-6-21-39(36,40)3)24-35(34)37(47)30-12-17-32(50-4)18-13-30/h7,9-13,15-19,24,31,36,46,49H,5-6,8,14,20-23,25-26H2,1-4H3/t31-,36-,39-,40+/m0/s1. The second-order valence-corrected chi connectivity index (χ2v) is 14.3. The zero-order chi connectivity index (χ0) is 37.7. The minimum atomic E-state index is -4.84. The van der Waals surface area contributed by atoms with Gasteiger partial charge in [-0.3, -0.25) is 4.79 Å². The molecule has 8 nitrogen and oxygen atoms in total. The number of aliphatic hydroxyl groups is 2. The molecule has 1 amide bonds. The molecule has 52 heavy (non-hydrogen) atoms. The number of halogens is 3. The molecule has 1 saturated carbocycles. The second-order valence-electron chi connectivity index (χ2n) is 14.3. The van der Waals surface area contributed by atoms with Crippen molar-refractivity contribution in [1.29, 1.82) is 0 Å². The molecule has 4 atom stereocenters. The zero-order valence-corrected chi connectivity index (χ0v) is 30.2. The fraction of sp³-hybridized carbons (Fsp3) is 0.463. The van der Waals surface area contributed by atoms with Crippen LogP contribution in [0.25, 0.3) is 0 Å². The lowest BCUT2D eigenvalue weighted by molar-refractivity contribution is -0.274. The molecule has 0 heterocycles. The van der Waals surface area contributed by atoms with Crippen LogP contribution in [-0.2, 0) is 17.7 Å². The van der Waals surface area contributed by atoms with Gasteiger partial charge in [0.1, 0.15) is 11.5 Å². The molecule has 0 spiro atoms. The maximum Gasteiger partial charge on any atom is 0.573 e. The van der Waals surface area contributed by atoms with Crippen molar-refractivity contribution in [1.82, 2.24) is 4.90 Å². The number of alkyl halides is 3. The molecule has 3 aliphatic rings. The Morgan fingerprint density at radius 3 is 2.33 bits per heavy atom. The largest absolute Gasteiger partial charge is 0.573 e. The highest BCUT2D eigenvalue weighted by molar-refractivity contribution is 6.10. The Labute approximate surface area is 303 Å². The van der Waals surface area contributed by atoms with E-state index in [4.69, 9.17) is 9.47 Å². The van der Waals surface area contributed by atoms with E-state index in [1.54, 1.807) is 38.3 Å². The number of ether oxygens (including phenoxy) is 3. The molecule has 0 unspecified atom stereocenters. The molecule has 280 valence electrons. The highest BCUT2D eigenvalue weighted by atomic mass is 19.4. The van der Waals surface area contributed by atoms with Crippen LogP contribution in [0.5, 0.6) is 11.5 Å². The summed E-state index contributed by atoms with van der Waals surface area (Å²) >= 11 is 0. The van der Waals surface area contributed by atoms with Gasteiger partial charge in [0, 0.05) is 23.1 Å². The van der Waals surface area contributed by atoms with Gasteiger partial charge in [-0.15, -0.1) is 13.2 Å². The third-order valence-electron chi connectivity index (χ3n) is 10.8. The Hall–Kier alpha value is -4.35. The molecule has 0 saturated heterocycles. The molecule has 6 rings (SSSR count). The van der Waals surface area contributed by atoms with E-state index in [2.05, 4.69) is 10.8 Å². The van der Waals surface area contributed by atoms with Gasteiger partial charge in [0.25, 0.3) is 0 Å². The molecular weight excluding hydrogens is 675 g/mol. The minimum absolute atomic E-state index is 0.0224. The monoisotopic (exact) mass is 723 g/mol. The van der Waals surface area contributed by atoms with Crippen molar-refractivity contribution in [3.63, 3.8) is 0 Å². The smallest absolute Gasteiger partial charge is 0.497 e. The van der Waals surface area contributed by atoms with E-state index in [9.17, 15) is 33.0 Å². The van der Waals surface area contributed by atoms with Gasteiger partial charge in [-0.1, -0.05) is 42.8 Å². The number of amides is 1. The Kier molecular flexibility index (Phi) is 12.1. The summed E-state index contributed by atoms with van der Waals surface area (Å²) in [6.07, 6.45) is -0.280. The van der Waals surface area contributed by atoms with Gasteiger partial charge in [0.15, 0.2) is 5.78 Å². The van der Waals surface area contributed by atoms with Crippen molar-refractivity contribution in [2.45, 2.75) is 96.2 Å². The van der Waals surface area contributed by atoms with E-state index in [0.29, 0.717) is 67.4 Å². The van der Waals surface area contributed by atoms with Crippen LogP contribution in [0.15, 0.2) is 78.4 Å². The van der Waals surface area contributed by atoms with E-state index in [-0.39, 0.29) is 37.1 Å². The number of carbonyl (C=O) groups excluding carboxylic acids is 2. The van der Waals surface area contributed by atoms with Crippen LogP contribution >= 0.6 is 0 Å². The summed E-state index contributed by atoms with van der Waals surface area (Å²) in [4.78, 5) is 29.1. The van der Waals surface area contributed by atoms with Gasteiger partial charge in [-0.2, -0.15) is 0 Å². The first-order valence-electron chi connectivity index (χ1n) is 17.8. The number of carbonyl (C=O) groups is 2. The van der Waals surface area contributed by atoms with E-state index >= 15 is 0 Å². The Bertz CT molecular complexity index is 1740. The quantitative estimate of drug-likeness (QED) is 0.169. The summed E-state index contributed by atoms with van der Waals surface area (Å²) in [7, 11) is 1.56. The van der Waals surface area contributed by atoms with E-state index in [0.717, 1.165) is 16.7 Å². The van der Waals surface area contributed by atoms with E-state index < -0.39 is 29.6 Å². The predicted octanol–water partition coefficient (Wildman–Crippen LogP) is 8.52. The number of hydrogen-bond donors (Lipinski definition) is 2. The zero-order valence-electron chi connectivity index (χ0n) is 30.2. The van der Waals surface area contributed by atoms with E-state index in [1.807, 2.05) is 32.0 Å². The highest BCUT2D eigenvalue weighted by Gasteiger charge is 2.57. The van der Waals surface area contributed by atoms with Crippen molar-refractivity contribution >= 4 is 11.9 Å². The number of hydrogen-bond acceptors (Lipinski definition) is 7. The van der Waals surface area contributed by atoms with Crippen molar-refractivity contribution in [2.75, 3.05) is 20.3 Å². The number of allylic oxidation sites excluding steroid dienone is 2. The maximum atomic E-state index is 14.3. The molecule has 3 aromatic rings. The highest BCUT2D eigenvalue weighted by Crippen LogP contribution is 2.59. The van der Waals surface area contributed by atoms with Crippen molar-refractivity contribution in [3.05, 3.63) is 106 Å². The van der Waals surface area contributed by atoms with Crippen LogP contribution in [0.3, 0.4) is 0 Å². The first kappa shape index (κ1) is 38.9.